The van der Waals surface area contributed by atoms with Gasteiger partial charge >= 0.3 is 0 Å². The van der Waals surface area contributed by atoms with E-state index in [4.69, 9.17) is 4.74 Å². The first-order valence-electron chi connectivity index (χ1n) is 8.18. The second-order valence-corrected chi connectivity index (χ2v) is 5.43. The van der Waals surface area contributed by atoms with Crippen molar-refractivity contribution in [1.82, 2.24) is 15.0 Å². The highest BCUT2D eigenvalue weighted by molar-refractivity contribution is 5.40. The monoisotopic (exact) mass is 335 g/mol. The van der Waals surface area contributed by atoms with E-state index in [0.717, 1.165) is 30.2 Å². The highest BCUT2D eigenvalue weighted by Gasteiger charge is 2.03. The summed E-state index contributed by atoms with van der Waals surface area (Å²) in [6, 6.07) is 15.7. The number of pyridine rings is 1. The molecule has 2 aromatic heterocycles. The normalized spacial score (nSPS) is 10.3. The number of methoxy groups -OCH3 is 1. The van der Waals surface area contributed by atoms with E-state index in [0.29, 0.717) is 12.5 Å². The van der Waals surface area contributed by atoms with Crippen molar-refractivity contribution >= 4 is 11.8 Å². The van der Waals surface area contributed by atoms with Gasteiger partial charge in [-0.1, -0.05) is 24.3 Å². The predicted octanol–water partition coefficient (Wildman–Crippen LogP) is 3.15. The number of para-hydroxylation sites is 1. The van der Waals surface area contributed by atoms with Crippen LogP contribution >= 0.6 is 0 Å². The Morgan fingerprint density at radius 2 is 1.80 bits per heavy atom. The average Bonchev–Trinajstić information content (AvgIpc) is 2.68. The molecule has 0 unspecified atom stereocenters. The van der Waals surface area contributed by atoms with E-state index >= 15 is 0 Å². The molecule has 3 rings (SSSR count). The van der Waals surface area contributed by atoms with Gasteiger partial charge in [-0.25, -0.2) is 4.98 Å². The van der Waals surface area contributed by atoms with E-state index in [9.17, 15) is 0 Å². The molecule has 0 radical (unpaired) electrons. The fourth-order valence-electron chi connectivity index (χ4n) is 2.45. The van der Waals surface area contributed by atoms with Crippen LogP contribution in [0.3, 0.4) is 0 Å². The fourth-order valence-corrected chi connectivity index (χ4v) is 2.45. The fraction of sp³-hybridized carbons (Fsp3) is 0.211. The second kappa shape index (κ2) is 8.63. The van der Waals surface area contributed by atoms with Crippen molar-refractivity contribution < 1.29 is 4.74 Å². The molecule has 0 aliphatic heterocycles. The van der Waals surface area contributed by atoms with Crippen LogP contribution in [0.15, 0.2) is 60.9 Å². The van der Waals surface area contributed by atoms with Crippen LogP contribution in [0.1, 0.15) is 11.3 Å². The third-order valence-corrected chi connectivity index (χ3v) is 3.70. The van der Waals surface area contributed by atoms with Crippen LogP contribution in [0.4, 0.5) is 11.8 Å². The van der Waals surface area contributed by atoms with Crippen LogP contribution in [0.25, 0.3) is 0 Å². The summed E-state index contributed by atoms with van der Waals surface area (Å²) in [5, 5.41) is 6.50. The van der Waals surface area contributed by atoms with E-state index in [-0.39, 0.29) is 0 Å². The molecule has 0 atom stereocenters. The van der Waals surface area contributed by atoms with Crippen LogP contribution in [-0.4, -0.2) is 28.6 Å². The first kappa shape index (κ1) is 16.7. The van der Waals surface area contributed by atoms with Crippen LogP contribution in [0.5, 0.6) is 5.75 Å². The van der Waals surface area contributed by atoms with Crippen LogP contribution in [0.2, 0.25) is 0 Å². The molecular formula is C19H21N5O. The zero-order chi connectivity index (χ0) is 17.3. The smallest absolute Gasteiger partial charge is 0.224 e. The summed E-state index contributed by atoms with van der Waals surface area (Å²) in [4.78, 5) is 13.0. The molecule has 6 heteroatoms. The lowest BCUT2D eigenvalue weighted by Gasteiger charge is -2.10. The maximum atomic E-state index is 5.37. The lowest BCUT2D eigenvalue weighted by Crippen LogP contribution is -2.10. The number of ether oxygens (including phenoxy) is 1. The van der Waals surface area contributed by atoms with Gasteiger partial charge < -0.3 is 15.4 Å². The van der Waals surface area contributed by atoms with Gasteiger partial charge in [0.05, 0.1) is 19.3 Å². The zero-order valence-electron chi connectivity index (χ0n) is 14.1. The van der Waals surface area contributed by atoms with Crippen molar-refractivity contribution in [3.8, 4) is 5.75 Å². The SMILES string of the molecule is COc1ccccc1CCNc1ccnc(NCc2ccccn2)n1. The highest BCUT2D eigenvalue weighted by atomic mass is 16.5. The van der Waals surface area contributed by atoms with E-state index in [1.165, 1.54) is 5.56 Å². The number of nitrogens with zero attached hydrogens (tertiary/aromatic N) is 3. The minimum absolute atomic E-state index is 0.577. The van der Waals surface area contributed by atoms with Crippen molar-refractivity contribution in [3.63, 3.8) is 0 Å². The first-order valence-corrected chi connectivity index (χ1v) is 8.18. The van der Waals surface area contributed by atoms with Crippen molar-refractivity contribution in [1.29, 1.82) is 0 Å². The summed E-state index contributed by atoms with van der Waals surface area (Å²) < 4.78 is 5.37. The molecule has 0 spiro atoms. The molecule has 0 saturated carbocycles. The van der Waals surface area contributed by atoms with Gasteiger partial charge in [0.1, 0.15) is 11.6 Å². The maximum Gasteiger partial charge on any atom is 0.224 e. The number of benzene rings is 1. The van der Waals surface area contributed by atoms with E-state index in [1.54, 1.807) is 19.5 Å². The van der Waals surface area contributed by atoms with Gasteiger partial charge in [0, 0.05) is 18.9 Å². The molecule has 2 heterocycles. The molecule has 6 nitrogen and oxygen atoms in total. The van der Waals surface area contributed by atoms with Gasteiger partial charge in [-0.05, 0) is 36.2 Å². The number of nitrogens with one attached hydrogen (secondary N) is 2. The molecule has 2 N–H and O–H groups in total. The Morgan fingerprint density at radius 3 is 2.64 bits per heavy atom. The van der Waals surface area contributed by atoms with Gasteiger partial charge in [-0.2, -0.15) is 4.98 Å². The third kappa shape index (κ3) is 4.91. The quantitative estimate of drug-likeness (QED) is 0.659. The Morgan fingerprint density at radius 1 is 0.920 bits per heavy atom. The summed E-state index contributed by atoms with van der Waals surface area (Å²) in [6.45, 7) is 1.35. The maximum absolute atomic E-state index is 5.37. The van der Waals surface area contributed by atoms with E-state index < -0.39 is 0 Å². The van der Waals surface area contributed by atoms with Gasteiger partial charge in [0.25, 0.3) is 0 Å². The van der Waals surface area contributed by atoms with Crippen LogP contribution < -0.4 is 15.4 Å². The molecule has 0 aliphatic carbocycles. The molecule has 1 aromatic carbocycles. The van der Waals surface area contributed by atoms with Gasteiger partial charge in [-0.15, -0.1) is 0 Å². The topological polar surface area (TPSA) is 72.0 Å². The van der Waals surface area contributed by atoms with Crippen molar-refractivity contribution in [2.24, 2.45) is 0 Å². The first-order chi connectivity index (χ1) is 12.3. The standard InChI is InChI=1S/C19H21N5O/c1-25-17-8-3-2-6-15(17)9-12-21-18-10-13-22-19(24-18)23-14-16-7-4-5-11-20-16/h2-8,10-11,13H,9,12,14H2,1H3,(H2,21,22,23,24). The Kier molecular flexibility index (Phi) is 5.77. The summed E-state index contributed by atoms with van der Waals surface area (Å²) in [7, 11) is 1.69. The van der Waals surface area contributed by atoms with Gasteiger partial charge in [-0.3, -0.25) is 4.98 Å². The Balaban J connectivity index is 1.53. The summed E-state index contributed by atoms with van der Waals surface area (Å²) in [6.07, 6.45) is 4.36. The molecule has 0 aliphatic rings. The Hall–Kier alpha value is -3.15. The van der Waals surface area contributed by atoms with E-state index in [2.05, 4.69) is 31.7 Å². The van der Waals surface area contributed by atoms with Crippen molar-refractivity contribution in [3.05, 3.63) is 72.2 Å². The third-order valence-electron chi connectivity index (χ3n) is 3.70. The minimum Gasteiger partial charge on any atom is -0.496 e. The lowest BCUT2D eigenvalue weighted by atomic mass is 10.1. The van der Waals surface area contributed by atoms with Gasteiger partial charge in [0.2, 0.25) is 5.95 Å². The minimum atomic E-state index is 0.577. The number of aromatic nitrogens is 3. The summed E-state index contributed by atoms with van der Waals surface area (Å²) in [5.41, 5.74) is 2.11. The Labute approximate surface area is 147 Å². The van der Waals surface area contributed by atoms with Crippen LogP contribution in [-0.2, 0) is 13.0 Å². The predicted molar refractivity (Wildman–Crippen MR) is 98.8 cm³/mol. The van der Waals surface area contributed by atoms with Crippen LogP contribution in [0, 0.1) is 0 Å². The number of rotatable bonds is 8. The molecule has 0 bridgehead atoms. The van der Waals surface area contributed by atoms with Crippen molar-refractivity contribution in [2.45, 2.75) is 13.0 Å². The molecule has 3 aromatic rings. The highest BCUT2D eigenvalue weighted by Crippen LogP contribution is 2.17. The largest absolute Gasteiger partial charge is 0.496 e. The summed E-state index contributed by atoms with van der Waals surface area (Å²) in [5.74, 6) is 2.27. The molecular weight excluding hydrogens is 314 g/mol. The van der Waals surface area contributed by atoms with E-state index in [1.807, 2.05) is 42.5 Å². The molecule has 25 heavy (non-hydrogen) atoms. The number of hydrogen-bond donors (Lipinski definition) is 2. The molecule has 128 valence electrons. The molecule has 0 fully saturated rings. The average molecular weight is 335 g/mol. The molecule has 0 saturated heterocycles. The molecule has 0 amide bonds. The summed E-state index contributed by atoms with van der Waals surface area (Å²) >= 11 is 0. The second-order valence-electron chi connectivity index (χ2n) is 5.43. The lowest BCUT2D eigenvalue weighted by molar-refractivity contribution is 0.410. The van der Waals surface area contributed by atoms with Crippen molar-refractivity contribution in [2.75, 3.05) is 24.3 Å². The number of anilines is 2. The number of hydrogen-bond acceptors (Lipinski definition) is 6. The zero-order valence-corrected chi connectivity index (χ0v) is 14.1. The van der Waals surface area contributed by atoms with Gasteiger partial charge in [0.15, 0.2) is 0 Å². The Bertz CT molecular complexity index is 795.